The van der Waals surface area contributed by atoms with Crippen LogP contribution in [0.5, 0.6) is 0 Å². The summed E-state index contributed by atoms with van der Waals surface area (Å²) in [7, 11) is 1.54. The van der Waals surface area contributed by atoms with E-state index < -0.39 is 17.3 Å². The molecule has 0 saturated heterocycles. The van der Waals surface area contributed by atoms with Crippen LogP contribution >= 0.6 is 0 Å². The first-order chi connectivity index (χ1) is 9.07. The lowest BCUT2D eigenvalue weighted by molar-refractivity contribution is -0.153. The van der Waals surface area contributed by atoms with Crippen molar-refractivity contribution in [3.63, 3.8) is 0 Å². The maximum Gasteiger partial charge on any atom is 0.311 e. The molecule has 2 N–H and O–H groups in total. The third-order valence-corrected chi connectivity index (χ3v) is 3.52. The smallest absolute Gasteiger partial charge is 0.311 e. The van der Waals surface area contributed by atoms with Gasteiger partial charge < -0.3 is 19.6 Å². The van der Waals surface area contributed by atoms with E-state index in [1.807, 2.05) is 0 Å². The molecule has 0 aliphatic heterocycles. The minimum atomic E-state index is -0.849. The minimum absolute atomic E-state index is 0.140. The van der Waals surface area contributed by atoms with Crippen LogP contribution in [0, 0.1) is 5.41 Å². The molecule has 6 nitrogen and oxygen atoms in total. The lowest BCUT2D eigenvalue weighted by Crippen LogP contribution is -2.47. The monoisotopic (exact) mass is 267 g/mol. The summed E-state index contributed by atoms with van der Waals surface area (Å²) in [6.45, 7) is 0.438. The van der Waals surface area contributed by atoms with E-state index in [9.17, 15) is 9.59 Å². The second-order valence-corrected chi connectivity index (χ2v) is 4.82. The van der Waals surface area contributed by atoms with Crippen molar-refractivity contribution in [2.75, 3.05) is 13.7 Å². The standard InChI is InChI=1S/C13H17NO5/c1-18-7-9-3-4-10(19-9)11(15)14-8-13(12(16)17)5-2-6-13/h3-4H,2,5-8H2,1H3,(H,14,15)(H,16,17). The Labute approximate surface area is 110 Å². The molecule has 0 bridgehead atoms. The second kappa shape index (κ2) is 5.44. The first kappa shape index (κ1) is 13.6. The number of methoxy groups -OCH3 is 1. The van der Waals surface area contributed by atoms with E-state index in [4.69, 9.17) is 14.3 Å². The summed E-state index contributed by atoms with van der Waals surface area (Å²) in [4.78, 5) is 23.0. The summed E-state index contributed by atoms with van der Waals surface area (Å²) in [6.07, 6.45) is 2.10. The zero-order chi connectivity index (χ0) is 13.9. The van der Waals surface area contributed by atoms with Crippen LogP contribution in [0.3, 0.4) is 0 Å². The molecular formula is C13H17NO5. The molecular weight excluding hydrogens is 250 g/mol. The van der Waals surface area contributed by atoms with Crippen molar-refractivity contribution in [2.45, 2.75) is 25.9 Å². The maximum absolute atomic E-state index is 11.8. The number of hydrogen-bond donors (Lipinski definition) is 2. The Morgan fingerprint density at radius 1 is 1.47 bits per heavy atom. The van der Waals surface area contributed by atoms with E-state index in [1.54, 1.807) is 12.1 Å². The Morgan fingerprint density at radius 2 is 2.21 bits per heavy atom. The lowest BCUT2D eigenvalue weighted by Gasteiger charge is -2.37. The van der Waals surface area contributed by atoms with Crippen molar-refractivity contribution >= 4 is 11.9 Å². The molecule has 2 rings (SSSR count). The van der Waals surface area contributed by atoms with Crippen LogP contribution in [0.15, 0.2) is 16.5 Å². The molecule has 1 heterocycles. The van der Waals surface area contributed by atoms with Gasteiger partial charge in [-0.3, -0.25) is 9.59 Å². The highest BCUT2D eigenvalue weighted by atomic mass is 16.5. The van der Waals surface area contributed by atoms with Crippen molar-refractivity contribution in [3.8, 4) is 0 Å². The molecule has 1 aromatic rings. The maximum atomic E-state index is 11.8. The molecule has 1 aliphatic rings. The average molecular weight is 267 g/mol. The predicted octanol–water partition coefficient (Wildman–Crippen LogP) is 1.41. The molecule has 1 aliphatic carbocycles. The molecule has 0 unspecified atom stereocenters. The van der Waals surface area contributed by atoms with Crippen molar-refractivity contribution < 1.29 is 23.8 Å². The van der Waals surface area contributed by atoms with Crippen LogP contribution in [0.4, 0.5) is 0 Å². The highest BCUT2D eigenvalue weighted by molar-refractivity contribution is 5.92. The van der Waals surface area contributed by atoms with Gasteiger partial charge in [-0.15, -0.1) is 0 Å². The summed E-state index contributed by atoms with van der Waals surface area (Å²) < 4.78 is 10.2. The van der Waals surface area contributed by atoms with Crippen LogP contribution in [0.2, 0.25) is 0 Å². The molecule has 6 heteroatoms. The summed E-state index contributed by atoms with van der Waals surface area (Å²) in [5.41, 5.74) is -0.794. The number of carbonyl (C=O) groups is 2. The summed E-state index contributed by atoms with van der Waals surface area (Å²) in [6, 6.07) is 3.21. The molecule has 104 valence electrons. The first-order valence-electron chi connectivity index (χ1n) is 6.17. The van der Waals surface area contributed by atoms with Crippen LogP contribution in [-0.2, 0) is 16.1 Å². The molecule has 1 fully saturated rings. The fourth-order valence-electron chi connectivity index (χ4n) is 2.13. The minimum Gasteiger partial charge on any atom is -0.481 e. The number of carboxylic acid groups (broad SMARTS) is 1. The number of furan rings is 1. The zero-order valence-electron chi connectivity index (χ0n) is 10.8. The topological polar surface area (TPSA) is 88.8 Å². The quantitative estimate of drug-likeness (QED) is 0.813. The molecule has 0 radical (unpaired) electrons. The molecule has 0 atom stereocenters. The Morgan fingerprint density at radius 3 is 2.74 bits per heavy atom. The summed E-state index contributed by atoms with van der Waals surface area (Å²) >= 11 is 0. The van der Waals surface area contributed by atoms with E-state index in [0.717, 1.165) is 6.42 Å². The van der Waals surface area contributed by atoms with Gasteiger partial charge in [0.15, 0.2) is 5.76 Å². The van der Waals surface area contributed by atoms with Gasteiger partial charge in [0.25, 0.3) is 5.91 Å². The molecule has 19 heavy (non-hydrogen) atoms. The van der Waals surface area contributed by atoms with Gasteiger partial charge in [-0.25, -0.2) is 0 Å². The van der Waals surface area contributed by atoms with Crippen LogP contribution < -0.4 is 5.32 Å². The number of carboxylic acids is 1. The zero-order valence-corrected chi connectivity index (χ0v) is 10.8. The van der Waals surface area contributed by atoms with Gasteiger partial charge in [0.1, 0.15) is 12.4 Å². The normalized spacial score (nSPS) is 16.7. The fourth-order valence-corrected chi connectivity index (χ4v) is 2.13. The highest BCUT2D eigenvalue weighted by Gasteiger charge is 2.44. The Balaban J connectivity index is 1.91. The number of nitrogens with one attached hydrogen (secondary N) is 1. The number of hydrogen-bond acceptors (Lipinski definition) is 4. The third-order valence-electron chi connectivity index (χ3n) is 3.52. The molecule has 0 spiro atoms. The Kier molecular flexibility index (Phi) is 3.90. The van der Waals surface area contributed by atoms with Crippen molar-refractivity contribution in [1.82, 2.24) is 5.32 Å². The van der Waals surface area contributed by atoms with Gasteiger partial charge >= 0.3 is 5.97 Å². The molecule has 1 amide bonds. The lowest BCUT2D eigenvalue weighted by atomic mass is 9.69. The van der Waals surface area contributed by atoms with Crippen molar-refractivity contribution in [2.24, 2.45) is 5.41 Å². The van der Waals surface area contributed by atoms with E-state index in [1.165, 1.54) is 7.11 Å². The van der Waals surface area contributed by atoms with Crippen LogP contribution in [0.25, 0.3) is 0 Å². The number of carbonyl (C=O) groups excluding carboxylic acids is 1. The van der Waals surface area contributed by atoms with Crippen molar-refractivity contribution in [3.05, 3.63) is 23.7 Å². The number of aliphatic carboxylic acids is 1. The van der Waals surface area contributed by atoms with Gasteiger partial charge in [0.2, 0.25) is 0 Å². The molecule has 1 aromatic heterocycles. The van der Waals surface area contributed by atoms with Crippen molar-refractivity contribution in [1.29, 1.82) is 0 Å². The molecule has 0 aromatic carbocycles. The SMILES string of the molecule is COCc1ccc(C(=O)NCC2(C(=O)O)CCC2)o1. The summed E-state index contributed by atoms with van der Waals surface area (Å²) in [5.74, 6) is -0.510. The fraction of sp³-hybridized carbons (Fsp3) is 0.538. The Hall–Kier alpha value is -1.82. The highest BCUT2D eigenvalue weighted by Crippen LogP contribution is 2.40. The van der Waals surface area contributed by atoms with Gasteiger partial charge in [-0.05, 0) is 25.0 Å². The van der Waals surface area contributed by atoms with Gasteiger partial charge in [0.05, 0.1) is 5.41 Å². The molecule has 1 saturated carbocycles. The average Bonchev–Trinajstić information content (AvgIpc) is 2.76. The number of amides is 1. The van der Waals surface area contributed by atoms with E-state index >= 15 is 0 Å². The Bertz CT molecular complexity index is 475. The first-order valence-corrected chi connectivity index (χ1v) is 6.17. The van der Waals surface area contributed by atoms with Crippen LogP contribution in [-0.4, -0.2) is 30.6 Å². The van der Waals surface area contributed by atoms with E-state index in [0.29, 0.717) is 25.2 Å². The predicted molar refractivity (Wildman–Crippen MR) is 65.7 cm³/mol. The third kappa shape index (κ3) is 2.78. The van der Waals surface area contributed by atoms with Gasteiger partial charge in [-0.1, -0.05) is 6.42 Å². The van der Waals surface area contributed by atoms with E-state index in [-0.39, 0.29) is 12.3 Å². The van der Waals surface area contributed by atoms with E-state index in [2.05, 4.69) is 5.32 Å². The largest absolute Gasteiger partial charge is 0.481 e. The van der Waals surface area contributed by atoms with Gasteiger partial charge in [0, 0.05) is 13.7 Å². The number of ether oxygens (including phenoxy) is 1. The van der Waals surface area contributed by atoms with Crippen LogP contribution in [0.1, 0.15) is 35.6 Å². The van der Waals surface area contributed by atoms with Gasteiger partial charge in [-0.2, -0.15) is 0 Å². The summed E-state index contributed by atoms with van der Waals surface area (Å²) in [5, 5.41) is 11.8. The number of rotatable bonds is 6. The second-order valence-electron chi connectivity index (χ2n) is 4.82.